The van der Waals surface area contributed by atoms with E-state index in [9.17, 15) is 23.5 Å². The Labute approximate surface area is 200 Å². The molecule has 0 spiro atoms. The van der Waals surface area contributed by atoms with E-state index in [0.717, 1.165) is 5.56 Å². The SMILES string of the molecule is CNCCCN1C(=O)N2C(c3cccc(O)c3)c3[nH]c4ccc(OC(F)F)cc4c3CC2(C)C1=O. The number of amides is 3. The van der Waals surface area contributed by atoms with Crippen molar-refractivity contribution in [1.29, 1.82) is 0 Å². The average Bonchev–Trinajstić information content (AvgIpc) is 3.25. The van der Waals surface area contributed by atoms with Gasteiger partial charge in [-0.05, 0) is 68.4 Å². The number of ether oxygens (including phenoxy) is 1. The molecule has 1 aromatic heterocycles. The number of carbonyl (C=O) groups is 2. The highest BCUT2D eigenvalue weighted by atomic mass is 19.3. The third-order valence-electron chi connectivity index (χ3n) is 6.86. The number of urea groups is 1. The summed E-state index contributed by atoms with van der Waals surface area (Å²) >= 11 is 0. The summed E-state index contributed by atoms with van der Waals surface area (Å²) in [6, 6.07) is 10.1. The number of H-pyrrole nitrogens is 1. The maximum Gasteiger partial charge on any atom is 0.387 e. The molecule has 2 aliphatic heterocycles. The number of halogens is 2. The Balaban J connectivity index is 1.68. The summed E-state index contributed by atoms with van der Waals surface area (Å²) in [5.74, 6) is -0.258. The monoisotopic (exact) mass is 484 g/mol. The van der Waals surface area contributed by atoms with E-state index in [-0.39, 0.29) is 30.4 Å². The van der Waals surface area contributed by atoms with E-state index in [4.69, 9.17) is 0 Å². The summed E-state index contributed by atoms with van der Waals surface area (Å²) in [6.45, 7) is -0.295. The van der Waals surface area contributed by atoms with Gasteiger partial charge in [0.15, 0.2) is 0 Å². The number of imide groups is 1. The van der Waals surface area contributed by atoms with Gasteiger partial charge in [-0.15, -0.1) is 0 Å². The summed E-state index contributed by atoms with van der Waals surface area (Å²) in [7, 11) is 1.81. The number of fused-ring (bicyclic) bond motifs is 4. The van der Waals surface area contributed by atoms with Crippen molar-refractivity contribution in [2.45, 2.75) is 38.0 Å². The Morgan fingerprint density at radius 3 is 2.77 bits per heavy atom. The number of carbonyl (C=O) groups excluding carboxylic acids is 2. The van der Waals surface area contributed by atoms with Crippen molar-refractivity contribution in [2.75, 3.05) is 20.1 Å². The third-order valence-corrected chi connectivity index (χ3v) is 6.86. The van der Waals surface area contributed by atoms with Gasteiger partial charge >= 0.3 is 12.6 Å². The van der Waals surface area contributed by atoms with Crippen LogP contribution >= 0.6 is 0 Å². The highest BCUT2D eigenvalue weighted by molar-refractivity contribution is 6.08. The van der Waals surface area contributed by atoms with Crippen LogP contribution in [-0.2, 0) is 11.2 Å². The zero-order valence-electron chi connectivity index (χ0n) is 19.3. The fourth-order valence-corrected chi connectivity index (χ4v) is 5.32. The molecule has 1 fully saturated rings. The first-order valence-electron chi connectivity index (χ1n) is 11.4. The smallest absolute Gasteiger partial charge is 0.387 e. The molecule has 2 unspecified atom stereocenters. The number of aromatic nitrogens is 1. The van der Waals surface area contributed by atoms with Crippen molar-refractivity contribution in [3.05, 3.63) is 59.3 Å². The Morgan fingerprint density at radius 1 is 1.26 bits per heavy atom. The number of aromatic hydroxyl groups is 1. The normalized spacial score (nSPS) is 21.7. The van der Waals surface area contributed by atoms with Crippen LogP contribution in [0.5, 0.6) is 11.5 Å². The summed E-state index contributed by atoms with van der Waals surface area (Å²) in [5, 5.41) is 13.9. The number of alkyl halides is 2. The standard InChI is InChI=1S/C25H26F2N4O4/c1-25-13-18-17-12-16(35-23(26)27)7-8-19(17)29-20(18)21(14-5-3-6-15(32)11-14)31(25)24(34)30(22(25)33)10-4-9-28-2/h3,5-8,11-12,21,23,28-29,32H,4,9-10,13H2,1-2H3. The Hall–Kier alpha value is -3.66. The molecular formula is C25H26F2N4O4. The number of rotatable bonds is 7. The lowest BCUT2D eigenvalue weighted by molar-refractivity contribution is -0.133. The predicted octanol–water partition coefficient (Wildman–Crippen LogP) is 3.75. The van der Waals surface area contributed by atoms with E-state index in [1.807, 2.05) is 0 Å². The van der Waals surface area contributed by atoms with Crippen molar-refractivity contribution >= 4 is 22.8 Å². The lowest BCUT2D eigenvalue weighted by atomic mass is 9.81. The molecule has 1 saturated heterocycles. The van der Waals surface area contributed by atoms with E-state index in [1.54, 1.807) is 43.1 Å². The molecular weight excluding hydrogens is 458 g/mol. The minimum Gasteiger partial charge on any atom is -0.508 e. The van der Waals surface area contributed by atoms with Gasteiger partial charge in [0.2, 0.25) is 0 Å². The van der Waals surface area contributed by atoms with Crippen LogP contribution in [0.15, 0.2) is 42.5 Å². The fraction of sp³-hybridized carbons (Fsp3) is 0.360. The van der Waals surface area contributed by atoms with E-state index < -0.39 is 24.2 Å². The van der Waals surface area contributed by atoms with E-state index in [0.29, 0.717) is 35.1 Å². The lowest BCUT2D eigenvalue weighted by Gasteiger charge is -2.42. The largest absolute Gasteiger partial charge is 0.508 e. The van der Waals surface area contributed by atoms with Crippen molar-refractivity contribution in [3.63, 3.8) is 0 Å². The van der Waals surface area contributed by atoms with E-state index in [1.165, 1.54) is 23.1 Å². The summed E-state index contributed by atoms with van der Waals surface area (Å²) in [6.07, 6.45) is 0.820. The molecule has 5 rings (SSSR count). The zero-order chi connectivity index (χ0) is 24.9. The Morgan fingerprint density at radius 2 is 2.06 bits per heavy atom. The second kappa shape index (κ2) is 8.53. The molecule has 0 aliphatic carbocycles. The number of hydrogen-bond donors (Lipinski definition) is 3. The van der Waals surface area contributed by atoms with Crippen molar-refractivity contribution in [2.24, 2.45) is 0 Å². The van der Waals surface area contributed by atoms with Gasteiger partial charge in [0.25, 0.3) is 5.91 Å². The van der Waals surface area contributed by atoms with Gasteiger partial charge in [0, 0.05) is 29.6 Å². The van der Waals surface area contributed by atoms with Crippen molar-refractivity contribution in [1.82, 2.24) is 20.1 Å². The molecule has 3 amide bonds. The number of hydrogen-bond acceptors (Lipinski definition) is 5. The van der Waals surface area contributed by atoms with Crippen LogP contribution in [0, 0.1) is 0 Å². The van der Waals surface area contributed by atoms with Gasteiger partial charge in [-0.3, -0.25) is 14.6 Å². The molecule has 0 radical (unpaired) electrons. The quantitative estimate of drug-likeness (QED) is 0.351. The molecule has 8 nitrogen and oxygen atoms in total. The number of phenols is 1. The van der Waals surface area contributed by atoms with Crippen LogP contribution < -0.4 is 10.1 Å². The topological polar surface area (TPSA) is 97.9 Å². The number of phenolic OH excluding ortho intramolecular Hbond substituents is 1. The first-order chi connectivity index (χ1) is 16.7. The van der Waals surface area contributed by atoms with E-state index >= 15 is 0 Å². The zero-order valence-corrected chi connectivity index (χ0v) is 19.3. The van der Waals surface area contributed by atoms with Crippen molar-refractivity contribution < 1.29 is 28.2 Å². The Bertz CT molecular complexity index is 1310. The number of nitrogens with zero attached hydrogens (tertiary/aromatic N) is 2. The minimum atomic E-state index is -2.96. The molecule has 184 valence electrons. The van der Waals surface area contributed by atoms with Gasteiger partial charge in [-0.1, -0.05) is 12.1 Å². The molecule has 10 heteroatoms. The summed E-state index contributed by atoms with van der Waals surface area (Å²) in [5.41, 5.74) is 1.55. The first-order valence-corrected chi connectivity index (χ1v) is 11.4. The number of benzene rings is 2. The minimum absolute atomic E-state index is 0.0123. The van der Waals surface area contributed by atoms with Gasteiger partial charge in [-0.25, -0.2) is 4.79 Å². The highest BCUT2D eigenvalue weighted by Crippen LogP contribution is 2.49. The third kappa shape index (κ3) is 3.68. The van der Waals surface area contributed by atoms with Crippen LogP contribution in [0.3, 0.4) is 0 Å². The summed E-state index contributed by atoms with van der Waals surface area (Å²) < 4.78 is 30.3. The number of aromatic amines is 1. The molecule has 3 aromatic rings. The molecule has 2 atom stereocenters. The second-order valence-corrected chi connectivity index (χ2v) is 9.12. The van der Waals surface area contributed by atoms with Crippen LogP contribution in [-0.4, -0.2) is 64.1 Å². The van der Waals surface area contributed by atoms with Crippen LogP contribution in [0.1, 0.15) is 36.2 Å². The van der Waals surface area contributed by atoms with Gasteiger partial charge < -0.3 is 20.1 Å². The molecule has 0 saturated carbocycles. The van der Waals surface area contributed by atoms with Crippen LogP contribution in [0.4, 0.5) is 13.6 Å². The summed E-state index contributed by atoms with van der Waals surface area (Å²) in [4.78, 5) is 33.5. The fourth-order valence-electron chi connectivity index (χ4n) is 5.32. The molecule has 3 N–H and O–H groups in total. The average molecular weight is 485 g/mol. The first kappa shape index (κ1) is 23.1. The number of nitrogens with one attached hydrogen (secondary N) is 2. The molecule has 35 heavy (non-hydrogen) atoms. The molecule has 3 heterocycles. The highest BCUT2D eigenvalue weighted by Gasteiger charge is 2.60. The van der Waals surface area contributed by atoms with Gasteiger partial charge in [-0.2, -0.15) is 8.78 Å². The molecule has 0 bridgehead atoms. The maximum absolute atomic E-state index is 13.6. The maximum atomic E-state index is 13.6. The Kier molecular flexibility index (Phi) is 5.63. The van der Waals surface area contributed by atoms with Crippen LogP contribution in [0.25, 0.3) is 10.9 Å². The van der Waals surface area contributed by atoms with Crippen molar-refractivity contribution in [3.8, 4) is 11.5 Å². The van der Waals surface area contributed by atoms with E-state index in [2.05, 4.69) is 15.0 Å². The lowest BCUT2D eigenvalue weighted by Crippen LogP contribution is -2.53. The molecule has 2 aliphatic rings. The van der Waals surface area contributed by atoms with Gasteiger partial charge in [0.05, 0.1) is 0 Å². The second-order valence-electron chi connectivity index (χ2n) is 9.12. The van der Waals surface area contributed by atoms with Gasteiger partial charge in [0.1, 0.15) is 23.1 Å². The molecule has 2 aromatic carbocycles. The van der Waals surface area contributed by atoms with Crippen LogP contribution in [0.2, 0.25) is 0 Å². The predicted molar refractivity (Wildman–Crippen MR) is 124 cm³/mol.